The molecule has 1 aromatic carbocycles. The first-order valence-corrected chi connectivity index (χ1v) is 8.64. The zero-order chi connectivity index (χ0) is 16.1. The molecule has 1 heterocycles. The van der Waals surface area contributed by atoms with E-state index in [2.05, 4.69) is 52.6 Å². The van der Waals surface area contributed by atoms with Gasteiger partial charge in [-0.1, -0.05) is 37.8 Å². The molecular weight excluding hydrogens is 284 g/mol. The predicted molar refractivity (Wildman–Crippen MR) is 96.3 cm³/mol. The summed E-state index contributed by atoms with van der Waals surface area (Å²) in [4.78, 5) is 8.99. The van der Waals surface area contributed by atoms with Gasteiger partial charge in [0.05, 0.1) is 0 Å². The fourth-order valence-corrected chi connectivity index (χ4v) is 3.12. The van der Waals surface area contributed by atoms with Crippen LogP contribution in [0.1, 0.15) is 49.7 Å². The number of anilines is 3. The molecule has 3 rings (SSSR count). The summed E-state index contributed by atoms with van der Waals surface area (Å²) in [7, 11) is 0. The second-order valence-corrected chi connectivity index (χ2v) is 6.54. The van der Waals surface area contributed by atoms with Gasteiger partial charge in [-0.25, -0.2) is 4.98 Å². The molecule has 0 saturated heterocycles. The third-order valence-corrected chi connectivity index (χ3v) is 4.50. The molecule has 0 bridgehead atoms. The van der Waals surface area contributed by atoms with Crippen molar-refractivity contribution in [3.63, 3.8) is 0 Å². The van der Waals surface area contributed by atoms with Crippen molar-refractivity contribution in [1.82, 2.24) is 9.97 Å². The first-order chi connectivity index (χ1) is 11.2. The molecule has 1 aromatic heterocycles. The molecule has 1 aliphatic carbocycles. The molecule has 0 unspecified atom stereocenters. The summed E-state index contributed by atoms with van der Waals surface area (Å²) in [6, 6.07) is 8.86. The molecule has 1 fully saturated rings. The maximum Gasteiger partial charge on any atom is 0.229 e. The Kier molecular flexibility index (Phi) is 5.11. The van der Waals surface area contributed by atoms with Crippen LogP contribution in [-0.2, 0) is 0 Å². The molecule has 0 spiro atoms. The highest BCUT2D eigenvalue weighted by Gasteiger charge is 2.12. The Balaban J connectivity index is 1.70. The molecule has 4 heteroatoms. The predicted octanol–water partition coefficient (Wildman–Crippen LogP) is 4.97. The van der Waals surface area contributed by atoms with Crippen molar-refractivity contribution in [1.29, 1.82) is 0 Å². The average Bonchev–Trinajstić information content (AvgIpc) is 2.80. The van der Waals surface area contributed by atoms with Crippen LogP contribution in [0.2, 0.25) is 0 Å². The van der Waals surface area contributed by atoms with Gasteiger partial charge in [-0.05, 0) is 49.9 Å². The molecule has 2 aromatic rings. The van der Waals surface area contributed by atoms with Crippen LogP contribution in [0, 0.1) is 13.8 Å². The fraction of sp³-hybridized carbons (Fsp3) is 0.474. The quantitative estimate of drug-likeness (QED) is 0.783. The van der Waals surface area contributed by atoms with Gasteiger partial charge in [0.25, 0.3) is 0 Å². The lowest BCUT2D eigenvalue weighted by Crippen LogP contribution is -2.19. The van der Waals surface area contributed by atoms with E-state index in [1.165, 1.54) is 49.7 Å². The van der Waals surface area contributed by atoms with Crippen molar-refractivity contribution in [2.45, 2.75) is 58.4 Å². The van der Waals surface area contributed by atoms with E-state index < -0.39 is 0 Å². The van der Waals surface area contributed by atoms with Crippen molar-refractivity contribution in [3.05, 3.63) is 41.6 Å². The maximum atomic E-state index is 4.63. The lowest BCUT2D eigenvalue weighted by Gasteiger charge is -2.17. The Bertz CT molecular complexity index is 646. The van der Waals surface area contributed by atoms with E-state index in [1.807, 2.05) is 12.3 Å². The standard InChI is InChI=1S/C19H26N4/c1-14-9-10-15(2)17(13-14)22-19-20-12-11-18(23-19)21-16-7-5-3-4-6-8-16/h9-13,16H,3-8H2,1-2H3,(H2,20,21,22,23). The molecule has 2 N–H and O–H groups in total. The summed E-state index contributed by atoms with van der Waals surface area (Å²) < 4.78 is 0. The lowest BCUT2D eigenvalue weighted by atomic mass is 10.1. The summed E-state index contributed by atoms with van der Waals surface area (Å²) in [6.07, 6.45) is 9.66. The van der Waals surface area contributed by atoms with Crippen LogP contribution in [0.3, 0.4) is 0 Å². The molecule has 0 amide bonds. The van der Waals surface area contributed by atoms with Gasteiger partial charge in [0, 0.05) is 17.9 Å². The van der Waals surface area contributed by atoms with Crippen LogP contribution in [0.4, 0.5) is 17.5 Å². The fourth-order valence-electron chi connectivity index (χ4n) is 3.12. The molecule has 0 atom stereocenters. The smallest absolute Gasteiger partial charge is 0.229 e. The number of aromatic nitrogens is 2. The van der Waals surface area contributed by atoms with E-state index in [4.69, 9.17) is 0 Å². The van der Waals surface area contributed by atoms with Crippen molar-refractivity contribution in [2.24, 2.45) is 0 Å². The minimum Gasteiger partial charge on any atom is -0.367 e. The number of aryl methyl sites for hydroxylation is 2. The van der Waals surface area contributed by atoms with E-state index >= 15 is 0 Å². The second kappa shape index (κ2) is 7.44. The third kappa shape index (κ3) is 4.44. The van der Waals surface area contributed by atoms with Gasteiger partial charge in [0.1, 0.15) is 5.82 Å². The Morgan fingerprint density at radius 3 is 2.57 bits per heavy atom. The maximum absolute atomic E-state index is 4.63. The summed E-state index contributed by atoms with van der Waals surface area (Å²) in [5, 5.41) is 6.92. The van der Waals surface area contributed by atoms with Gasteiger partial charge in [-0.15, -0.1) is 0 Å². The molecule has 122 valence electrons. The van der Waals surface area contributed by atoms with Crippen molar-refractivity contribution in [3.8, 4) is 0 Å². The van der Waals surface area contributed by atoms with E-state index in [-0.39, 0.29) is 0 Å². The van der Waals surface area contributed by atoms with Gasteiger partial charge < -0.3 is 10.6 Å². The topological polar surface area (TPSA) is 49.8 Å². The van der Waals surface area contributed by atoms with Crippen LogP contribution in [0.15, 0.2) is 30.5 Å². The normalized spacial score (nSPS) is 15.9. The van der Waals surface area contributed by atoms with Gasteiger partial charge in [-0.3, -0.25) is 0 Å². The van der Waals surface area contributed by atoms with Gasteiger partial charge >= 0.3 is 0 Å². The monoisotopic (exact) mass is 310 g/mol. The molecule has 0 radical (unpaired) electrons. The van der Waals surface area contributed by atoms with Crippen LogP contribution in [0.25, 0.3) is 0 Å². The molecule has 1 saturated carbocycles. The van der Waals surface area contributed by atoms with Crippen molar-refractivity contribution < 1.29 is 0 Å². The minimum atomic E-state index is 0.543. The second-order valence-electron chi connectivity index (χ2n) is 6.54. The average molecular weight is 310 g/mol. The van der Waals surface area contributed by atoms with Crippen LogP contribution < -0.4 is 10.6 Å². The number of nitrogens with one attached hydrogen (secondary N) is 2. The molecule has 4 nitrogen and oxygen atoms in total. The number of hydrogen-bond donors (Lipinski definition) is 2. The summed E-state index contributed by atoms with van der Waals surface area (Å²) in [5.41, 5.74) is 3.49. The van der Waals surface area contributed by atoms with Crippen molar-refractivity contribution >= 4 is 17.5 Å². The number of rotatable bonds is 4. The molecule has 0 aliphatic heterocycles. The lowest BCUT2D eigenvalue weighted by molar-refractivity contribution is 0.617. The summed E-state index contributed by atoms with van der Waals surface area (Å²) >= 11 is 0. The van der Waals surface area contributed by atoms with Gasteiger partial charge in [-0.2, -0.15) is 4.98 Å². The summed E-state index contributed by atoms with van der Waals surface area (Å²) in [6.45, 7) is 4.19. The first-order valence-electron chi connectivity index (χ1n) is 8.64. The largest absolute Gasteiger partial charge is 0.367 e. The van der Waals surface area contributed by atoms with Crippen LogP contribution in [0.5, 0.6) is 0 Å². The van der Waals surface area contributed by atoms with E-state index in [1.54, 1.807) is 0 Å². The first kappa shape index (κ1) is 15.8. The Labute approximate surface area is 138 Å². The SMILES string of the molecule is Cc1ccc(C)c(Nc2nccc(NC3CCCCCC3)n2)c1. The highest BCUT2D eigenvalue weighted by molar-refractivity contribution is 5.60. The highest BCUT2D eigenvalue weighted by atomic mass is 15.1. The molecular formula is C19H26N4. The van der Waals surface area contributed by atoms with Crippen LogP contribution >= 0.6 is 0 Å². The minimum absolute atomic E-state index is 0.543. The highest BCUT2D eigenvalue weighted by Crippen LogP contribution is 2.22. The molecule has 23 heavy (non-hydrogen) atoms. The van der Waals surface area contributed by atoms with E-state index in [9.17, 15) is 0 Å². The van der Waals surface area contributed by atoms with E-state index in [0.29, 0.717) is 12.0 Å². The van der Waals surface area contributed by atoms with Crippen LogP contribution in [-0.4, -0.2) is 16.0 Å². The Morgan fingerprint density at radius 1 is 1.00 bits per heavy atom. The van der Waals surface area contributed by atoms with E-state index in [0.717, 1.165) is 11.5 Å². The number of hydrogen-bond acceptors (Lipinski definition) is 4. The Hall–Kier alpha value is -2.10. The third-order valence-electron chi connectivity index (χ3n) is 4.50. The van der Waals surface area contributed by atoms with Gasteiger partial charge in [0.2, 0.25) is 5.95 Å². The van der Waals surface area contributed by atoms with Gasteiger partial charge in [0.15, 0.2) is 0 Å². The summed E-state index contributed by atoms with van der Waals surface area (Å²) in [5.74, 6) is 1.57. The number of benzene rings is 1. The number of nitrogens with zero attached hydrogens (tertiary/aromatic N) is 2. The zero-order valence-corrected chi connectivity index (χ0v) is 14.1. The Morgan fingerprint density at radius 2 is 1.78 bits per heavy atom. The zero-order valence-electron chi connectivity index (χ0n) is 14.1. The molecule has 1 aliphatic rings. The van der Waals surface area contributed by atoms with Crippen molar-refractivity contribution in [2.75, 3.05) is 10.6 Å².